The van der Waals surface area contributed by atoms with E-state index in [1.807, 2.05) is 7.05 Å². The minimum Gasteiger partial charge on any atom is -0.377 e. The number of nitrogens with one attached hydrogen (secondary N) is 16. The minimum absolute atomic E-state index is 0.00171. The maximum Gasteiger partial charge on any atom is 0.292 e. The van der Waals surface area contributed by atoms with Gasteiger partial charge in [0.15, 0.2) is 29.1 Å². The van der Waals surface area contributed by atoms with E-state index in [0.717, 1.165) is 25.9 Å². The Labute approximate surface area is 788 Å². The van der Waals surface area contributed by atoms with Crippen LogP contribution in [-0.4, -0.2) is 260 Å². The Morgan fingerprint density at radius 2 is 0.572 bits per heavy atom. The van der Waals surface area contributed by atoms with E-state index in [1.54, 1.807) is 83.7 Å². The normalized spacial score (nSPS) is 11.1. The Bertz CT molecular complexity index is 6420. The summed E-state index contributed by atoms with van der Waals surface area (Å²) in [5.41, 5.74) is 8.12. The third-order valence-electron chi connectivity index (χ3n) is 20.8. The number of aromatic nitrogens is 16. The molecule has 16 amide bonds. The Kier molecular flexibility index (Phi) is 34.3. The van der Waals surface area contributed by atoms with E-state index >= 15 is 0 Å². The van der Waals surface area contributed by atoms with Crippen LogP contribution in [0.15, 0.2) is 105 Å². The summed E-state index contributed by atoms with van der Waals surface area (Å²) in [6, 6.07) is 8.69. The SMILES string of the molecule is CC(=O)Nc1cn(C)c(C(=O)Nc2cn(C)c(C(=O)NCCOCCOCC(=O)Nc3cn(C)c(C(=O)Nc4cc(C(=O)Nc5cc(C(=O)NCCCC(=O)Nc6cn(C)c(C(=O)Nc7cc(C(=O)Nc8cc(C(=O)NCCC(=O)Nc9cn(C)c(C(=O)Nc%10cc(C(=O)Nc%11cc(C(=O)NCCC(=O)NCCCN(C)CCCN)n(C)c%11)n(C)c%10)n9)n(C)c8)n(C)c7)n6)n(C)c5)n(C)c4)n3)n2)n1. The van der Waals surface area contributed by atoms with Crippen LogP contribution in [0.1, 0.15) is 161 Å². The van der Waals surface area contributed by atoms with Crippen molar-refractivity contribution in [2.45, 2.75) is 45.4 Å². The predicted octanol–water partition coefficient (Wildman–Crippen LogP) is 1.33. The predicted molar refractivity (Wildman–Crippen MR) is 503 cm³/mol. The van der Waals surface area contributed by atoms with Crippen LogP contribution < -0.4 is 90.8 Å². The van der Waals surface area contributed by atoms with Crippen LogP contribution in [-0.2, 0) is 111 Å². The number of anilines is 11. The van der Waals surface area contributed by atoms with Crippen molar-refractivity contribution in [2.24, 2.45) is 83.3 Å². The molecular weight excluding hydrogens is 1800 g/mol. The zero-order chi connectivity index (χ0) is 99.9. The number of carbonyl (C=O) groups is 16. The molecule has 0 radical (unpaired) electrons. The van der Waals surface area contributed by atoms with Crippen molar-refractivity contribution < 1.29 is 86.2 Å². The summed E-state index contributed by atoms with van der Waals surface area (Å²) in [4.78, 5) is 232. The fourth-order valence-corrected chi connectivity index (χ4v) is 14.1. The number of carbonyl (C=O) groups excluding carboxylic acids is 16. The van der Waals surface area contributed by atoms with Gasteiger partial charge in [0.1, 0.15) is 40.8 Å². The number of amides is 16. The van der Waals surface area contributed by atoms with Crippen LogP contribution >= 0.6 is 0 Å². The quantitative estimate of drug-likeness (QED) is 0.0239. The Morgan fingerprint density at radius 1 is 0.283 bits per heavy atom. The zero-order valence-electron chi connectivity index (χ0n) is 78.1. The van der Waals surface area contributed by atoms with Gasteiger partial charge in [0.25, 0.3) is 70.9 Å². The molecule has 11 aromatic heterocycles. The molecular formula is C86H110N34O18. The molecule has 0 fully saturated rings. The number of rotatable bonds is 47. The summed E-state index contributed by atoms with van der Waals surface area (Å²) in [6.45, 7) is 4.11. The molecule has 52 nitrogen and oxygen atoms in total. The largest absolute Gasteiger partial charge is 0.377 e. The summed E-state index contributed by atoms with van der Waals surface area (Å²) in [5.74, 6) is -8.28. The molecule has 0 aliphatic rings. The third kappa shape index (κ3) is 27.9. The van der Waals surface area contributed by atoms with Crippen molar-refractivity contribution >= 4 is 158 Å². The highest BCUT2D eigenvalue weighted by Gasteiger charge is 2.28. The van der Waals surface area contributed by atoms with Crippen LogP contribution in [0.2, 0.25) is 0 Å². The van der Waals surface area contributed by atoms with Gasteiger partial charge in [-0.25, -0.2) is 24.9 Å². The Morgan fingerprint density at radius 3 is 0.949 bits per heavy atom. The van der Waals surface area contributed by atoms with Crippen LogP contribution in [0.25, 0.3) is 0 Å². The van der Waals surface area contributed by atoms with Crippen LogP contribution in [0.4, 0.5) is 63.2 Å². The molecule has 0 atom stereocenters. The van der Waals surface area contributed by atoms with Crippen molar-refractivity contribution in [1.29, 1.82) is 0 Å². The standard InChI is InChI=1S/C86H110N34O18/c1-49(121)93-62-43-117(10)75(103-62)86(136)108-66-47-116(9)71(107-66)82(132)92-25-28-137-29-30-138-48-70(125)102-65-46-120(13)74(106-65)85(135)99-55-36-59(115(8)42-55)79(129)94-50-31-56(110(3)37-50)76(126)89-21-14-17-68(123)100-63-44-118(11)72(104-63)83(133)97-53-34-60(113(6)40-53)81(131)96-52-33-58(112(5)39-52)78(128)91-24-19-69(124)101-64-45-119(12)73(105-64)84(134)98-54-35-61(114(7)41-54)80(130)95-51-32-57(111(4)38-51)77(127)90-23-18-67(122)88-22-16-27-109(2)26-15-20-87/h31-47H,14-30,48,87H2,1-13H3,(H,88,122)(H,89,126)(H,90,127)(H,91,128)(H,92,132)(H,93,121)(H,94,129)(H,95,130)(H,96,131)(H,97,133)(H,98,134)(H,99,135)(H,100,123)(H,101,124)(H,102,125)(H,108,136). The van der Waals surface area contributed by atoms with Crippen molar-refractivity contribution in [3.8, 4) is 0 Å². The Hall–Kier alpha value is -16.9. The molecule has 0 aliphatic heterocycles. The molecule has 0 saturated heterocycles. The molecule has 11 aromatic rings. The van der Waals surface area contributed by atoms with E-state index in [9.17, 15) is 76.7 Å². The second-order valence-electron chi connectivity index (χ2n) is 32.1. The lowest BCUT2D eigenvalue weighted by molar-refractivity contribution is -0.121. The fourth-order valence-electron chi connectivity index (χ4n) is 14.1. The molecule has 0 spiro atoms. The second kappa shape index (κ2) is 46.6. The van der Waals surface area contributed by atoms with E-state index in [-0.39, 0.29) is 211 Å². The average molecular weight is 1910 g/mol. The third-order valence-corrected chi connectivity index (χ3v) is 20.8. The molecule has 0 unspecified atom stereocenters. The molecule has 0 saturated carbocycles. The summed E-state index contributed by atoms with van der Waals surface area (Å²) in [7, 11) is 19.4. The lowest BCUT2D eigenvalue weighted by Gasteiger charge is -2.15. The molecule has 138 heavy (non-hydrogen) atoms. The van der Waals surface area contributed by atoms with Crippen LogP contribution in [0.5, 0.6) is 0 Å². The highest BCUT2D eigenvalue weighted by atomic mass is 16.5. The number of imidazole rings is 5. The van der Waals surface area contributed by atoms with Crippen molar-refractivity contribution in [3.63, 3.8) is 0 Å². The average Bonchev–Trinajstić information content (AvgIpc) is 1.68. The molecule has 11 rings (SSSR count). The number of nitrogens with zero attached hydrogens (tertiary/aromatic N) is 17. The lowest BCUT2D eigenvalue weighted by atomic mass is 10.3. The Balaban J connectivity index is 0.537. The van der Waals surface area contributed by atoms with Gasteiger partial charge in [-0.15, -0.1) is 0 Å². The first-order valence-corrected chi connectivity index (χ1v) is 43.2. The van der Waals surface area contributed by atoms with Crippen molar-refractivity contribution in [1.82, 2.24) is 107 Å². The summed E-state index contributed by atoms with van der Waals surface area (Å²) < 4.78 is 26.9. The molecule has 0 bridgehead atoms. The fraction of sp³-hybridized carbons (Fsp3) is 0.360. The van der Waals surface area contributed by atoms with Crippen LogP contribution in [0, 0.1) is 0 Å². The van der Waals surface area contributed by atoms with Crippen LogP contribution in [0.3, 0.4) is 0 Å². The summed E-state index contributed by atoms with van der Waals surface area (Å²) >= 11 is 0. The van der Waals surface area contributed by atoms with Gasteiger partial charge in [-0.1, -0.05) is 0 Å². The number of nitrogens with two attached hydrogens (primary N) is 1. The molecule has 18 N–H and O–H groups in total. The minimum atomic E-state index is -0.674. The molecule has 0 aromatic carbocycles. The van der Waals surface area contributed by atoms with E-state index in [2.05, 4.69) is 115 Å². The van der Waals surface area contributed by atoms with Gasteiger partial charge in [0.05, 0.1) is 53.9 Å². The highest BCUT2D eigenvalue weighted by Crippen LogP contribution is 2.25. The van der Waals surface area contributed by atoms with E-state index in [0.29, 0.717) is 18.8 Å². The lowest BCUT2D eigenvalue weighted by Crippen LogP contribution is -2.33. The van der Waals surface area contributed by atoms with Gasteiger partial charge >= 0.3 is 0 Å². The monoisotopic (exact) mass is 1910 g/mol. The van der Waals surface area contributed by atoms with Crippen molar-refractivity contribution in [2.75, 3.05) is 144 Å². The van der Waals surface area contributed by atoms with Gasteiger partial charge < -0.3 is 155 Å². The van der Waals surface area contributed by atoms with E-state index < -0.39 is 82.7 Å². The number of ether oxygens (including phenoxy) is 2. The second-order valence-corrected chi connectivity index (χ2v) is 32.1. The van der Waals surface area contributed by atoms with Crippen molar-refractivity contribution in [3.05, 3.63) is 168 Å². The zero-order valence-corrected chi connectivity index (χ0v) is 78.1. The molecule has 0 aliphatic carbocycles. The smallest absolute Gasteiger partial charge is 0.292 e. The maximum atomic E-state index is 13.6. The summed E-state index contributed by atoms with van der Waals surface area (Å²) in [5, 5.41) is 43.0. The first kappa shape index (κ1) is 102. The number of aryl methyl sites for hydroxylation is 11. The van der Waals surface area contributed by atoms with Gasteiger partial charge in [-0.05, 0) is 82.3 Å². The van der Waals surface area contributed by atoms with E-state index in [1.165, 1.54) is 156 Å². The molecule has 11 heterocycles. The molecule has 52 heteroatoms. The first-order chi connectivity index (χ1) is 65.7. The van der Waals surface area contributed by atoms with E-state index in [4.69, 9.17) is 15.2 Å². The summed E-state index contributed by atoms with van der Waals surface area (Å²) in [6.07, 6.45) is 18.0. The number of hydrogen-bond acceptors (Lipinski definition) is 25. The first-order valence-electron chi connectivity index (χ1n) is 43.2. The highest BCUT2D eigenvalue weighted by molar-refractivity contribution is 6.11. The maximum absolute atomic E-state index is 13.6. The number of hydrogen-bond donors (Lipinski definition) is 17. The van der Waals surface area contributed by atoms with Gasteiger partial charge in [0.2, 0.25) is 52.8 Å². The van der Waals surface area contributed by atoms with Gasteiger partial charge in [-0.2, -0.15) is 0 Å². The topological polar surface area (TPSA) is 632 Å². The van der Waals surface area contributed by atoms with Gasteiger partial charge in [-0.3, -0.25) is 76.7 Å². The van der Waals surface area contributed by atoms with Gasteiger partial charge in [0, 0.05) is 205 Å². The molecule has 732 valence electrons.